The van der Waals surface area contributed by atoms with Crippen LogP contribution in [0.5, 0.6) is 0 Å². The molecule has 0 aromatic carbocycles. The first-order chi connectivity index (χ1) is 8.61. The molecule has 1 unspecified atom stereocenters. The average molecular weight is 345 g/mol. The monoisotopic (exact) mass is 344 g/mol. The van der Waals surface area contributed by atoms with Crippen LogP contribution in [-0.2, 0) is 0 Å². The number of nitrogens with zero attached hydrogens (tertiary/aromatic N) is 1. The molecule has 2 nitrogen and oxygen atoms in total. The number of thiophene rings is 1. The number of aromatic nitrogens is 1. The fourth-order valence-corrected chi connectivity index (χ4v) is 4.14. The zero-order valence-electron chi connectivity index (χ0n) is 10.8. The standard InChI is InChI=1S/C13H17BrN2S2/c1-4-5-15-8(2)11-7-17-13(16-11)12-6-10(14)9(3)18-12/h6-8,15H,4-5H2,1-3H3. The molecule has 2 heterocycles. The van der Waals surface area contributed by atoms with Gasteiger partial charge < -0.3 is 5.32 Å². The molecule has 98 valence electrons. The van der Waals surface area contributed by atoms with Crippen LogP contribution in [0.2, 0.25) is 0 Å². The summed E-state index contributed by atoms with van der Waals surface area (Å²) in [4.78, 5) is 7.29. The van der Waals surface area contributed by atoms with Crippen molar-refractivity contribution in [1.29, 1.82) is 0 Å². The summed E-state index contributed by atoms with van der Waals surface area (Å²) in [5.74, 6) is 0. The van der Waals surface area contributed by atoms with Crippen LogP contribution in [0.25, 0.3) is 9.88 Å². The number of nitrogens with one attached hydrogen (secondary N) is 1. The van der Waals surface area contributed by atoms with Crippen molar-refractivity contribution in [2.24, 2.45) is 0 Å². The zero-order chi connectivity index (χ0) is 13.1. The highest BCUT2D eigenvalue weighted by Gasteiger charge is 2.12. The molecule has 0 aliphatic carbocycles. The van der Waals surface area contributed by atoms with Gasteiger partial charge in [-0.25, -0.2) is 4.98 Å². The first-order valence-electron chi connectivity index (χ1n) is 6.07. The summed E-state index contributed by atoms with van der Waals surface area (Å²) in [7, 11) is 0. The highest BCUT2D eigenvalue weighted by Crippen LogP contribution is 2.36. The molecule has 1 atom stereocenters. The molecule has 1 N–H and O–H groups in total. The van der Waals surface area contributed by atoms with Gasteiger partial charge in [-0.05, 0) is 48.8 Å². The second-order valence-corrected chi connectivity index (χ2v) is 7.24. The van der Waals surface area contributed by atoms with Crippen molar-refractivity contribution in [3.63, 3.8) is 0 Å². The molecule has 2 aromatic heterocycles. The summed E-state index contributed by atoms with van der Waals surface area (Å²) in [6, 6.07) is 2.49. The maximum atomic E-state index is 4.73. The first-order valence-corrected chi connectivity index (χ1v) is 8.55. The van der Waals surface area contributed by atoms with E-state index in [4.69, 9.17) is 4.98 Å². The molecule has 5 heteroatoms. The lowest BCUT2D eigenvalue weighted by molar-refractivity contribution is 0.561. The van der Waals surface area contributed by atoms with Gasteiger partial charge in [0.05, 0.1) is 10.6 Å². The molecule has 0 aliphatic rings. The van der Waals surface area contributed by atoms with Gasteiger partial charge in [-0.1, -0.05) is 6.92 Å². The lowest BCUT2D eigenvalue weighted by atomic mass is 10.2. The fraction of sp³-hybridized carbons (Fsp3) is 0.462. The van der Waals surface area contributed by atoms with E-state index >= 15 is 0 Å². The molecule has 0 saturated carbocycles. The van der Waals surface area contributed by atoms with E-state index in [0.29, 0.717) is 6.04 Å². The second-order valence-electron chi connectivity index (χ2n) is 4.27. The van der Waals surface area contributed by atoms with Gasteiger partial charge in [-0.2, -0.15) is 0 Å². The minimum absolute atomic E-state index is 0.333. The molecule has 0 radical (unpaired) electrons. The minimum atomic E-state index is 0.333. The Kier molecular flexibility index (Phi) is 4.95. The highest BCUT2D eigenvalue weighted by molar-refractivity contribution is 9.10. The van der Waals surface area contributed by atoms with Gasteiger partial charge in [0.25, 0.3) is 0 Å². The Morgan fingerprint density at radius 1 is 1.50 bits per heavy atom. The minimum Gasteiger partial charge on any atom is -0.309 e. The summed E-state index contributed by atoms with van der Waals surface area (Å²) in [6.45, 7) is 7.51. The van der Waals surface area contributed by atoms with Crippen molar-refractivity contribution >= 4 is 38.6 Å². The Morgan fingerprint density at radius 3 is 2.89 bits per heavy atom. The van der Waals surface area contributed by atoms with Gasteiger partial charge in [0, 0.05) is 20.8 Å². The summed E-state index contributed by atoms with van der Waals surface area (Å²) in [5.41, 5.74) is 1.14. The number of thiazole rings is 1. The Balaban J connectivity index is 2.14. The molecule has 0 fully saturated rings. The van der Waals surface area contributed by atoms with E-state index in [2.05, 4.69) is 53.5 Å². The predicted molar refractivity (Wildman–Crippen MR) is 84.6 cm³/mol. The predicted octanol–water partition coefficient (Wildman–Crippen LogP) is 5.00. The van der Waals surface area contributed by atoms with Crippen molar-refractivity contribution in [3.05, 3.63) is 26.5 Å². The third kappa shape index (κ3) is 3.20. The van der Waals surface area contributed by atoms with Crippen LogP contribution < -0.4 is 5.32 Å². The van der Waals surface area contributed by atoms with Crippen LogP contribution in [0.4, 0.5) is 0 Å². The van der Waals surface area contributed by atoms with Crippen LogP contribution in [0.1, 0.15) is 36.9 Å². The summed E-state index contributed by atoms with van der Waals surface area (Å²) < 4.78 is 1.18. The molecule has 2 rings (SSSR count). The molecular weight excluding hydrogens is 328 g/mol. The largest absolute Gasteiger partial charge is 0.309 e. The lowest BCUT2D eigenvalue weighted by Gasteiger charge is -2.09. The molecule has 0 bridgehead atoms. The maximum Gasteiger partial charge on any atom is 0.133 e. The fourth-order valence-electron chi connectivity index (χ4n) is 1.63. The van der Waals surface area contributed by atoms with E-state index in [0.717, 1.165) is 23.7 Å². The molecule has 18 heavy (non-hydrogen) atoms. The lowest BCUT2D eigenvalue weighted by Crippen LogP contribution is -2.19. The second kappa shape index (κ2) is 6.28. The topological polar surface area (TPSA) is 24.9 Å². The smallest absolute Gasteiger partial charge is 0.133 e. The van der Waals surface area contributed by atoms with Crippen molar-refractivity contribution in [1.82, 2.24) is 10.3 Å². The molecular formula is C13H17BrN2S2. The Labute approximate surface area is 125 Å². The van der Waals surface area contributed by atoms with E-state index in [1.165, 1.54) is 14.2 Å². The van der Waals surface area contributed by atoms with Gasteiger partial charge in [0.15, 0.2) is 0 Å². The Morgan fingerprint density at radius 2 is 2.28 bits per heavy atom. The molecule has 0 spiro atoms. The van der Waals surface area contributed by atoms with Crippen LogP contribution in [0, 0.1) is 6.92 Å². The summed E-state index contributed by atoms with van der Waals surface area (Å²) in [6.07, 6.45) is 1.15. The van der Waals surface area contributed by atoms with Gasteiger partial charge in [0.1, 0.15) is 5.01 Å². The SMILES string of the molecule is CCCNC(C)c1csc(-c2cc(Br)c(C)s2)n1. The van der Waals surface area contributed by atoms with Gasteiger partial charge in [-0.3, -0.25) is 0 Å². The number of aryl methyl sites for hydroxylation is 1. The van der Waals surface area contributed by atoms with Crippen molar-refractivity contribution < 1.29 is 0 Å². The number of hydrogen-bond donors (Lipinski definition) is 1. The highest BCUT2D eigenvalue weighted by atomic mass is 79.9. The molecule has 0 amide bonds. The van der Waals surface area contributed by atoms with E-state index in [9.17, 15) is 0 Å². The summed E-state index contributed by atoms with van der Waals surface area (Å²) >= 11 is 7.07. The maximum absolute atomic E-state index is 4.73. The normalized spacial score (nSPS) is 12.9. The first kappa shape index (κ1) is 14.2. The van der Waals surface area contributed by atoms with Gasteiger partial charge in [0.2, 0.25) is 0 Å². The number of halogens is 1. The molecule has 2 aromatic rings. The third-order valence-electron chi connectivity index (χ3n) is 2.73. The van der Waals surface area contributed by atoms with E-state index in [-0.39, 0.29) is 0 Å². The van der Waals surface area contributed by atoms with Crippen molar-refractivity contribution in [2.45, 2.75) is 33.2 Å². The van der Waals surface area contributed by atoms with Crippen molar-refractivity contribution in [3.8, 4) is 9.88 Å². The van der Waals surface area contributed by atoms with Crippen LogP contribution in [-0.4, -0.2) is 11.5 Å². The van der Waals surface area contributed by atoms with Crippen LogP contribution in [0.15, 0.2) is 15.9 Å². The summed E-state index contributed by atoms with van der Waals surface area (Å²) in [5, 5.41) is 6.75. The Hall–Kier alpha value is -0.230. The zero-order valence-corrected chi connectivity index (χ0v) is 14.0. The van der Waals surface area contributed by atoms with E-state index < -0.39 is 0 Å². The third-order valence-corrected chi connectivity index (χ3v) is 5.90. The average Bonchev–Trinajstić information content (AvgIpc) is 2.94. The van der Waals surface area contributed by atoms with Gasteiger partial charge in [-0.15, -0.1) is 22.7 Å². The number of rotatable bonds is 5. The Bertz CT molecular complexity index is 499. The quantitative estimate of drug-likeness (QED) is 0.825. The molecule has 0 aliphatic heterocycles. The van der Waals surface area contributed by atoms with Crippen molar-refractivity contribution in [2.75, 3.05) is 6.54 Å². The van der Waals surface area contributed by atoms with E-state index in [1.54, 1.807) is 22.7 Å². The number of hydrogen-bond acceptors (Lipinski definition) is 4. The van der Waals surface area contributed by atoms with Crippen LogP contribution in [0.3, 0.4) is 0 Å². The van der Waals surface area contributed by atoms with E-state index in [1.807, 2.05) is 0 Å². The van der Waals surface area contributed by atoms with Crippen LogP contribution >= 0.6 is 38.6 Å². The molecule has 0 saturated heterocycles. The van der Waals surface area contributed by atoms with Gasteiger partial charge >= 0.3 is 0 Å².